The minimum absolute atomic E-state index is 0.0541. The van der Waals surface area contributed by atoms with Gasteiger partial charge in [-0.15, -0.1) is 0 Å². The van der Waals surface area contributed by atoms with E-state index < -0.39 is 16.1 Å². The van der Waals surface area contributed by atoms with Gasteiger partial charge in [0.15, 0.2) is 0 Å². The number of benzene rings is 3. The van der Waals surface area contributed by atoms with E-state index in [0.29, 0.717) is 17.1 Å². The highest BCUT2D eigenvalue weighted by atomic mass is 35.5. The predicted molar refractivity (Wildman–Crippen MR) is 166 cm³/mol. The molecule has 0 unspecified atom stereocenters. The molecule has 2 atom stereocenters. The molecule has 0 saturated heterocycles. The lowest BCUT2D eigenvalue weighted by atomic mass is 10.0. The maximum absolute atomic E-state index is 13.9. The molecule has 3 rings (SSSR count). The average molecular weight is 598 g/mol. The number of carbonyl (C=O) groups is 2. The van der Waals surface area contributed by atoms with Gasteiger partial charge >= 0.3 is 0 Å². The van der Waals surface area contributed by atoms with Crippen LogP contribution in [0.5, 0.6) is 0 Å². The Kier molecular flexibility index (Phi) is 11.8. The number of hydrogen-bond donors (Lipinski definition) is 1. The van der Waals surface area contributed by atoms with Crippen molar-refractivity contribution in [1.29, 1.82) is 0 Å². The highest BCUT2D eigenvalue weighted by Crippen LogP contribution is 2.22. The summed E-state index contributed by atoms with van der Waals surface area (Å²) in [5.41, 5.74) is 3.24. The van der Waals surface area contributed by atoms with Crippen molar-refractivity contribution in [3.8, 4) is 0 Å². The van der Waals surface area contributed by atoms with E-state index in [1.807, 2.05) is 81.4 Å². The van der Waals surface area contributed by atoms with Crippen LogP contribution in [0.4, 0.5) is 5.69 Å². The molecule has 0 spiro atoms. The maximum atomic E-state index is 13.9. The molecule has 1 N–H and O–H groups in total. The molecule has 0 radical (unpaired) electrons. The number of nitrogens with zero attached hydrogens (tertiary/aromatic N) is 2. The van der Waals surface area contributed by atoms with Gasteiger partial charge in [-0.05, 0) is 67.6 Å². The molecule has 0 aromatic heterocycles. The molecule has 7 nitrogen and oxygen atoms in total. The quantitative estimate of drug-likeness (QED) is 0.256. The van der Waals surface area contributed by atoms with Crippen molar-refractivity contribution in [1.82, 2.24) is 10.2 Å². The molecular weight excluding hydrogens is 558 g/mol. The first-order valence-electron chi connectivity index (χ1n) is 13.9. The van der Waals surface area contributed by atoms with E-state index in [0.717, 1.165) is 29.4 Å². The summed E-state index contributed by atoms with van der Waals surface area (Å²) in [5, 5.41) is 3.60. The number of nitrogens with one attached hydrogen (secondary N) is 1. The minimum Gasteiger partial charge on any atom is -0.352 e. The highest BCUT2D eigenvalue weighted by Gasteiger charge is 2.31. The first-order chi connectivity index (χ1) is 19.5. The molecule has 0 aliphatic carbocycles. The Hall–Kier alpha value is -3.36. The van der Waals surface area contributed by atoms with Crippen LogP contribution in [0.1, 0.15) is 49.8 Å². The predicted octanol–water partition coefficient (Wildman–Crippen LogP) is 5.75. The second-order valence-corrected chi connectivity index (χ2v) is 12.8. The van der Waals surface area contributed by atoms with Crippen LogP contribution in [0, 0.1) is 6.92 Å². The van der Waals surface area contributed by atoms with Crippen molar-refractivity contribution in [2.75, 3.05) is 17.1 Å². The molecule has 0 saturated carbocycles. The third-order valence-corrected chi connectivity index (χ3v) is 8.39. The van der Waals surface area contributed by atoms with Crippen molar-refractivity contribution >= 4 is 39.1 Å². The molecule has 220 valence electrons. The summed E-state index contributed by atoms with van der Waals surface area (Å²) in [6, 6.07) is 23.3. The normalized spacial score (nSPS) is 12.8. The summed E-state index contributed by atoms with van der Waals surface area (Å²) in [6.07, 6.45) is 2.62. The Morgan fingerprint density at radius 2 is 1.63 bits per heavy atom. The number of hydrogen-bond acceptors (Lipinski definition) is 4. The lowest BCUT2D eigenvalue weighted by Gasteiger charge is -2.32. The second-order valence-electron chi connectivity index (χ2n) is 10.5. The van der Waals surface area contributed by atoms with Crippen LogP contribution in [-0.4, -0.2) is 50.0 Å². The van der Waals surface area contributed by atoms with Crippen LogP contribution >= 0.6 is 11.6 Å². The topological polar surface area (TPSA) is 86.8 Å². The molecule has 0 aliphatic rings. The molecule has 9 heteroatoms. The first-order valence-corrected chi connectivity index (χ1v) is 16.1. The van der Waals surface area contributed by atoms with Crippen molar-refractivity contribution < 1.29 is 18.0 Å². The lowest BCUT2D eigenvalue weighted by molar-refractivity contribution is -0.141. The van der Waals surface area contributed by atoms with Gasteiger partial charge < -0.3 is 10.2 Å². The van der Waals surface area contributed by atoms with Crippen LogP contribution in [0.25, 0.3) is 0 Å². The van der Waals surface area contributed by atoms with Gasteiger partial charge in [0, 0.05) is 37.0 Å². The van der Waals surface area contributed by atoms with Crippen molar-refractivity contribution in [3.63, 3.8) is 0 Å². The van der Waals surface area contributed by atoms with E-state index in [9.17, 15) is 18.0 Å². The Morgan fingerprint density at radius 3 is 2.27 bits per heavy atom. The second kappa shape index (κ2) is 15.0. The summed E-state index contributed by atoms with van der Waals surface area (Å²) >= 11 is 6.25. The molecule has 0 aliphatic heterocycles. The third-order valence-electron chi connectivity index (χ3n) is 6.96. The van der Waals surface area contributed by atoms with Gasteiger partial charge in [-0.1, -0.05) is 73.1 Å². The summed E-state index contributed by atoms with van der Waals surface area (Å²) in [6.45, 7) is 6.16. The third kappa shape index (κ3) is 9.90. The molecule has 3 aromatic carbocycles. The van der Waals surface area contributed by atoms with E-state index in [1.54, 1.807) is 23.1 Å². The van der Waals surface area contributed by atoms with Crippen molar-refractivity contribution in [2.45, 2.75) is 65.1 Å². The number of sulfonamides is 1. The summed E-state index contributed by atoms with van der Waals surface area (Å²) < 4.78 is 26.6. The maximum Gasteiger partial charge on any atom is 0.243 e. The van der Waals surface area contributed by atoms with E-state index in [2.05, 4.69) is 5.32 Å². The van der Waals surface area contributed by atoms with Crippen LogP contribution in [0.2, 0.25) is 5.02 Å². The molecule has 41 heavy (non-hydrogen) atoms. The van der Waals surface area contributed by atoms with Gasteiger partial charge in [0.2, 0.25) is 21.8 Å². The van der Waals surface area contributed by atoms with Gasteiger partial charge in [-0.3, -0.25) is 13.9 Å². The summed E-state index contributed by atoms with van der Waals surface area (Å²) in [5.74, 6) is -0.459. The Balaban J connectivity index is 1.89. The molecule has 3 aromatic rings. The smallest absolute Gasteiger partial charge is 0.243 e. The van der Waals surface area contributed by atoms with Gasteiger partial charge in [0.25, 0.3) is 0 Å². The summed E-state index contributed by atoms with van der Waals surface area (Å²) in [4.78, 5) is 29.1. The fourth-order valence-corrected chi connectivity index (χ4v) is 5.78. The molecule has 0 fully saturated rings. The number of halogens is 1. The number of anilines is 1. The fourth-order valence-electron chi connectivity index (χ4n) is 4.61. The van der Waals surface area contributed by atoms with E-state index in [4.69, 9.17) is 11.6 Å². The Morgan fingerprint density at radius 1 is 0.951 bits per heavy atom. The van der Waals surface area contributed by atoms with Crippen LogP contribution < -0.4 is 9.62 Å². The Labute approximate surface area is 249 Å². The first kappa shape index (κ1) is 32.2. The van der Waals surface area contributed by atoms with Gasteiger partial charge in [0.05, 0.1) is 11.9 Å². The average Bonchev–Trinajstić information content (AvgIpc) is 2.92. The minimum atomic E-state index is -3.56. The van der Waals surface area contributed by atoms with Crippen LogP contribution in [0.3, 0.4) is 0 Å². The largest absolute Gasteiger partial charge is 0.352 e. The molecule has 2 amide bonds. The number of aryl methyl sites for hydroxylation is 1. The molecule has 0 bridgehead atoms. The van der Waals surface area contributed by atoms with Crippen molar-refractivity contribution in [2.24, 2.45) is 0 Å². The lowest BCUT2D eigenvalue weighted by Crippen LogP contribution is -2.52. The zero-order valence-corrected chi connectivity index (χ0v) is 25.8. The van der Waals surface area contributed by atoms with Crippen LogP contribution in [0.15, 0.2) is 78.9 Å². The van der Waals surface area contributed by atoms with Crippen molar-refractivity contribution in [3.05, 3.63) is 101 Å². The highest BCUT2D eigenvalue weighted by molar-refractivity contribution is 7.92. The van der Waals surface area contributed by atoms with E-state index in [1.165, 1.54) is 4.31 Å². The Bertz CT molecular complexity index is 1420. The fraction of sp³-hybridized carbons (Fsp3) is 0.375. The number of rotatable bonds is 14. The zero-order valence-electron chi connectivity index (χ0n) is 24.2. The monoisotopic (exact) mass is 597 g/mol. The van der Waals surface area contributed by atoms with E-state index in [-0.39, 0.29) is 43.8 Å². The van der Waals surface area contributed by atoms with Gasteiger partial charge in [0.1, 0.15) is 6.04 Å². The SMILES string of the molecule is CC[C@H](C)NC(=O)[C@@H](Cc1ccccc1)N(Cc1cccc(Cl)c1)C(=O)CCCN(c1cccc(C)c1)S(C)(=O)=O. The molecule has 0 heterocycles. The van der Waals surface area contributed by atoms with Gasteiger partial charge in [-0.25, -0.2) is 8.42 Å². The molecular formula is C32H40ClN3O4S. The standard InChI is InChI=1S/C32H40ClN3O4S/c1-5-25(3)34-32(38)30(22-26-13-7-6-8-14-26)35(23-27-15-10-16-28(33)21-27)31(37)18-11-19-36(41(4,39)40)29-17-9-12-24(2)20-29/h6-10,12-17,20-21,25,30H,5,11,18-19,22-23H2,1-4H3,(H,34,38)/t25-,30+/m0/s1. The van der Waals surface area contributed by atoms with Gasteiger partial charge in [-0.2, -0.15) is 0 Å². The van der Waals surface area contributed by atoms with E-state index >= 15 is 0 Å². The zero-order chi connectivity index (χ0) is 30.0. The number of carbonyl (C=O) groups excluding carboxylic acids is 2. The number of amides is 2. The summed E-state index contributed by atoms with van der Waals surface area (Å²) in [7, 11) is -3.56. The van der Waals surface area contributed by atoms with Crippen LogP contribution in [-0.2, 0) is 32.6 Å².